The summed E-state index contributed by atoms with van der Waals surface area (Å²) in [5.74, 6) is -0.884. The first-order valence-electron chi connectivity index (χ1n) is 11.3. The lowest BCUT2D eigenvalue weighted by Gasteiger charge is -2.28. The van der Waals surface area contributed by atoms with E-state index >= 15 is 0 Å². The van der Waals surface area contributed by atoms with E-state index in [2.05, 4.69) is 10.8 Å². The van der Waals surface area contributed by atoms with Crippen LogP contribution in [-0.2, 0) is 24.0 Å². The van der Waals surface area contributed by atoms with E-state index < -0.39 is 18.0 Å². The Hall–Kier alpha value is -2.08. The summed E-state index contributed by atoms with van der Waals surface area (Å²) in [6.45, 7) is 13.3. The molecule has 1 aliphatic rings. The van der Waals surface area contributed by atoms with Crippen molar-refractivity contribution in [3.63, 3.8) is 0 Å². The average molecular weight is 464 g/mol. The van der Waals surface area contributed by atoms with Gasteiger partial charge in [-0.1, -0.05) is 41.5 Å². The second-order valence-electron chi connectivity index (χ2n) is 6.20. The van der Waals surface area contributed by atoms with Gasteiger partial charge in [0.05, 0.1) is 26.3 Å². The summed E-state index contributed by atoms with van der Waals surface area (Å²) in [6.07, 6.45) is 2.35. The molecule has 1 rings (SSSR count). The zero-order valence-corrected chi connectivity index (χ0v) is 20.8. The van der Waals surface area contributed by atoms with Crippen LogP contribution in [0, 0.1) is 0 Å². The van der Waals surface area contributed by atoms with Crippen molar-refractivity contribution in [1.29, 1.82) is 0 Å². The number of rotatable bonds is 12. The van der Waals surface area contributed by atoms with Crippen molar-refractivity contribution >= 4 is 24.0 Å². The van der Waals surface area contributed by atoms with Gasteiger partial charge >= 0.3 is 0 Å². The van der Waals surface area contributed by atoms with Crippen molar-refractivity contribution in [3.8, 4) is 0 Å². The second-order valence-corrected chi connectivity index (χ2v) is 6.20. The molecule has 0 aromatic heterocycles. The number of aldehydes is 1. The summed E-state index contributed by atoms with van der Waals surface area (Å²) in [5.41, 5.74) is 7.10. The van der Waals surface area contributed by atoms with Gasteiger partial charge in [0, 0.05) is 6.54 Å². The minimum Gasteiger partial charge on any atom is -0.394 e. The second kappa shape index (κ2) is 23.6. The molecule has 2 unspecified atom stereocenters. The van der Waals surface area contributed by atoms with Crippen LogP contribution in [0.3, 0.4) is 0 Å². The lowest BCUT2D eigenvalue weighted by atomic mass is 10.2. The number of nitrogens with zero attached hydrogens (tertiary/aromatic N) is 2. The molecular formula is C21H45N5O6. The Morgan fingerprint density at radius 1 is 1.25 bits per heavy atom. The van der Waals surface area contributed by atoms with Gasteiger partial charge in [0.2, 0.25) is 11.8 Å². The third kappa shape index (κ3) is 14.8. The molecule has 0 spiro atoms. The maximum absolute atomic E-state index is 12.2. The van der Waals surface area contributed by atoms with E-state index in [1.54, 1.807) is 11.9 Å². The third-order valence-corrected chi connectivity index (χ3v) is 4.02. The Morgan fingerprint density at radius 3 is 2.12 bits per heavy atom. The SMILES string of the molecule is CC.CC.CCCN(CC=O)C(=O)CN(CCC)C1CONC1=O.CNC(CO)C(N)=O. The Bertz CT molecular complexity index is 503. The summed E-state index contributed by atoms with van der Waals surface area (Å²) in [4.78, 5) is 52.9. The van der Waals surface area contributed by atoms with Crippen LogP contribution < -0.4 is 16.5 Å². The van der Waals surface area contributed by atoms with Gasteiger partial charge in [-0.3, -0.25) is 24.1 Å². The van der Waals surface area contributed by atoms with Crippen LogP contribution in [0.2, 0.25) is 0 Å². The van der Waals surface area contributed by atoms with E-state index in [-0.39, 0.29) is 38.1 Å². The average Bonchev–Trinajstić information content (AvgIpc) is 3.23. The molecule has 0 aliphatic carbocycles. The molecule has 2 atom stereocenters. The van der Waals surface area contributed by atoms with Crippen molar-refractivity contribution in [2.75, 3.05) is 46.4 Å². The van der Waals surface area contributed by atoms with Crippen LogP contribution in [0.1, 0.15) is 54.4 Å². The first kappa shape index (κ1) is 34.5. The number of hydroxylamine groups is 1. The standard InChI is InChI=1S/C13H23N3O4.C4H10N2O2.2C2H6/c1-3-5-15(7-8-17)12(18)9-16(6-4-2)11-10-20-14-13(11)19;1-6-3(2-7)4(5)8;2*1-2/h8,11H,3-7,9-10H2,1-2H3,(H,14,19);3,6-7H,2H2,1H3,(H2,5,8);2*1-2H3. The van der Waals surface area contributed by atoms with Crippen LogP contribution in [0.15, 0.2) is 0 Å². The highest BCUT2D eigenvalue weighted by atomic mass is 16.7. The summed E-state index contributed by atoms with van der Waals surface area (Å²) in [5, 5.41) is 10.9. The van der Waals surface area contributed by atoms with Crippen LogP contribution >= 0.6 is 0 Å². The van der Waals surface area contributed by atoms with E-state index in [1.807, 2.05) is 41.5 Å². The molecule has 11 heteroatoms. The number of carbonyl (C=O) groups excluding carboxylic acids is 4. The van der Waals surface area contributed by atoms with Gasteiger partial charge in [0.15, 0.2) is 0 Å². The predicted molar refractivity (Wildman–Crippen MR) is 125 cm³/mol. The van der Waals surface area contributed by atoms with E-state index in [0.717, 1.165) is 19.1 Å². The first-order chi connectivity index (χ1) is 15.4. The van der Waals surface area contributed by atoms with Gasteiger partial charge < -0.3 is 25.9 Å². The van der Waals surface area contributed by atoms with Crippen molar-refractivity contribution in [3.05, 3.63) is 0 Å². The van der Waals surface area contributed by atoms with Gasteiger partial charge in [0.1, 0.15) is 18.4 Å². The molecule has 1 heterocycles. The Balaban J connectivity index is -0.000000587. The number of primary amides is 1. The van der Waals surface area contributed by atoms with Crippen LogP contribution in [0.25, 0.3) is 0 Å². The van der Waals surface area contributed by atoms with Gasteiger partial charge in [-0.15, -0.1) is 0 Å². The lowest BCUT2D eigenvalue weighted by Crippen LogP contribution is -2.49. The number of aliphatic hydroxyl groups is 1. The van der Waals surface area contributed by atoms with E-state index in [0.29, 0.717) is 13.1 Å². The number of carbonyl (C=O) groups is 4. The fourth-order valence-electron chi connectivity index (χ4n) is 2.51. The Kier molecular flexibility index (Phi) is 25.4. The van der Waals surface area contributed by atoms with Gasteiger partial charge in [0.25, 0.3) is 5.91 Å². The predicted octanol–water partition coefficient (Wildman–Crippen LogP) is -0.330. The molecule has 5 N–H and O–H groups in total. The highest BCUT2D eigenvalue weighted by Gasteiger charge is 2.32. The number of aliphatic hydroxyl groups excluding tert-OH is 1. The summed E-state index contributed by atoms with van der Waals surface area (Å²) >= 11 is 0. The molecule has 0 bridgehead atoms. The topological polar surface area (TPSA) is 154 Å². The summed E-state index contributed by atoms with van der Waals surface area (Å²) in [7, 11) is 1.56. The molecule has 0 aromatic rings. The number of nitrogens with two attached hydrogens (primary N) is 1. The molecule has 32 heavy (non-hydrogen) atoms. The van der Waals surface area contributed by atoms with Crippen molar-refractivity contribution in [2.24, 2.45) is 5.73 Å². The van der Waals surface area contributed by atoms with Gasteiger partial charge in [-0.25, -0.2) is 5.48 Å². The van der Waals surface area contributed by atoms with Gasteiger partial charge in [-0.05, 0) is 26.4 Å². The summed E-state index contributed by atoms with van der Waals surface area (Å²) < 4.78 is 0. The maximum atomic E-state index is 12.2. The molecule has 1 aliphatic heterocycles. The highest BCUT2D eigenvalue weighted by molar-refractivity contribution is 5.84. The summed E-state index contributed by atoms with van der Waals surface area (Å²) in [6, 6.07) is -1.03. The van der Waals surface area contributed by atoms with Crippen molar-refractivity contribution < 1.29 is 29.1 Å². The monoisotopic (exact) mass is 463 g/mol. The van der Waals surface area contributed by atoms with E-state index in [4.69, 9.17) is 15.7 Å². The minimum atomic E-state index is -0.602. The Labute approximate surface area is 193 Å². The normalized spacial score (nSPS) is 15.0. The molecule has 190 valence electrons. The van der Waals surface area contributed by atoms with Crippen molar-refractivity contribution in [1.82, 2.24) is 20.6 Å². The van der Waals surface area contributed by atoms with E-state index in [9.17, 15) is 19.2 Å². The zero-order valence-electron chi connectivity index (χ0n) is 20.8. The highest BCUT2D eigenvalue weighted by Crippen LogP contribution is 2.08. The number of hydrogen-bond donors (Lipinski definition) is 4. The number of amides is 3. The number of hydrogen-bond acceptors (Lipinski definition) is 8. The zero-order chi connectivity index (χ0) is 25.5. The van der Waals surface area contributed by atoms with Gasteiger partial charge in [-0.2, -0.15) is 0 Å². The molecular weight excluding hydrogens is 418 g/mol. The molecule has 11 nitrogen and oxygen atoms in total. The quantitative estimate of drug-likeness (QED) is 0.287. The maximum Gasteiger partial charge on any atom is 0.263 e. The molecule has 0 radical (unpaired) electrons. The van der Waals surface area contributed by atoms with Crippen LogP contribution in [-0.4, -0.2) is 97.4 Å². The minimum absolute atomic E-state index is 0.0972. The molecule has 0 aromatic carbocycles. The Morgan fingerprint density at radius 2 is 1.81 bits per heavy atom. The van der Waals surface area contributed by atoms with E-state index in [1.165, 1.54) is 4.90 Å². The molecule has 1 fully saturated rings. The molecule has 3 amide bonds. The number of nitrogens with one attached hydrogen (secondary N) is 2. The van der Waals surface area contributed by atoms with Crippen molar-refractivity contribution in [2.45, 2.75) is 66.5 Å². The fourth-order valence-corrected chi connectivity index (χ4v) is 2.51. The third-order valence-electron chi connectivity index (χ3n) is 4.02. The fraction of sp³-hybridized carbons (Fsp3) is 0.810. The largest absolute Gasteiger partial charge is 0.394 e. The molecule has 0 saturated carbocycles. The molecule has 1 saturated heterocycles. The lowest BCUT2D eigenvalue weighted by molar-refractivity contribution is -0.135. The van der Waals surface area contributed by atoms with Crippen LogP contribution in [0.5, 0.6) is 0 Å². The number of likely N-dealkylation sites (N-methyl/N-ethyl adjacent to an activating group) is 1. The first-order valence-corrected chi connectivity index (χ1v) is 11.3. The van der Waals surface area contributed by atoms with Crippen LogP contribution in [0.4, 0.5) is 0 Å². The smallest absolute Gasteiger partial charge is 0.263 e.